The van der Waals surface area contributed by atoms with Gasteiger partial charge in [0.15, 0.2) is 0 Å². The van der Waals surface area contributed by atoms with E-state index in [4.69, 9.17) is 10.6 Å². The minimum absolute atomic E-state index is 0.463. The fourth-order valence-electron chi connectivity index (χ4n) is 3.62. The average molecular weight is 240 g/mol. The lowest BCUT2D eigenvalue weighted by Gasteiger charge is -2.40. The van der Waals surface area contributed by atoms with Crippen molar-refractivity contribution in [1.29, 1.82) is 0 Å². The quantitative estimate of drug-likeness (QED) is 0.588. The van der Waals surface area contributed by atoms with Crippen molar-refractivity contribution in [2.75, 3.05) is 13.2 Å². The SMILES string of the molecule is CC1CCC(C(NN)C2CCCOC2)CC1C. The Balaban J connectivity index is 1.93. The minimum Gasteiger partial charge on any atom is -0.381 e. The highest BCUT2D eigenvalue weighted by atomic mass is 16.5. The molecule has 2 aliphatic rings. The van der Waals surface area contributed by atoms with Crippen molar-refractivity contribution >= 4 is 0 Å². The van der Waals surface area contributed by atoms with Crippen LogP contribution in [-0.2, 0) is 4.74 Å². The lowest BCUT2D eigenvalue weighted by molar-refractivity contribution is 0.0187. The molecule has 0 aromatic carbocycles. The summed E-state index contributed by atoms with van der Waals surface area (Å²) in [6, 6.07) is 0.463. The van der Waals surface area contributed by atoms with Gasteiger partial charge < -0.3 is 4.74 Å². The second-order valence-corrected chi connectivity index (χ2v) is 6.20. The maximum atomic E-state index is 5.81. The van der Waals surface area contributed by atoms with Crippen molar-refractivity contribution in [2.24, 2.45) is 29.5 Å². The molecule has 0 amide bonds. The van der Waals surface area contributed by atoms with Crippen LogP contribution in [0.15, 0.2) is 0 Å². The summed E-state index contributed by atoms with van der Waals surface area (Å²) in [5, 5.41) is 0. The van der Waals surface area contributed by atoms with Crippen molar-refractivity contribution in [3.05, 3.63) is 0 Å². The summed E-state index contributed by atoms with van der Waals surface area (Å²) >= 11 is 0. The number of ether oxygens (including phenoxy) is 1. The van der Waals surface area contributed by atoms with Gasteiger partial charge in [0.25, 0.3) is 0 Å². The van der Waals surface area contributed by atoms with Gasteiger partial charge in [0.1, 0.15) is 0 Å². The van der Waals surface area contributed by atoms with Gasteiger partial charge in [-0.15, -0.1) is 0 Å². The van der Waals surface area contributed by atoms with E-state index >= 15 is 0 Å². The molecule has 2 fully saturated rings. The third-order valence-electron chi connectivity index (χ3n) is 5.04. The second-order valence-electron chi connectivity index (χ2n) is 6.20. The maximum Gasteiger partial charge on any atom is 0.0509 e. The van der Waals surface area contributed by atoms with E-state index in [1.807, 2.05) is 0 Å². The number of nitrogens with two attached hydrogens (primary N) is 1. The van der Waals surface area contributed by atoms with E-state index in [0.29, 0.717) is 12.0 Å². The van der Waals surface area contributed by atoms with Crippen molar-refractivity contribution in [3.8, 4) is 0 Å². The number of rotatable bonds is 3. The molecule has 3 N–H and O–H groups in total. The van der Waals surface area contributed by atoms with Crippen LogP contribution in [0.3, 0.4) is 0 Å². The molecule has 5 unspecified atom stereocenters. The van der Waals surface area contributed by atoms with Crippen LogP contribution in [0.25, 0.3) is 0 Å². The molecule has 1 saturated carbocycles. The molecule has 0 bridgehead atoms. The van der Waals surface area contributed by atoms with Crippen LogP contribution in [0.1, 0.15) is 46.0 Å². The molecule has 0 aromatic rings. The lowest BCUT2D eigenvalue weighted by atomic mass is 9.70. The van der Waals surface area contributed by atoms with Crippen molar-refractivity contribution < 1.29 is 4.74 Å². The highest BCUT2D eigenvalue weighted by Gasteiger charge is 2.34. The summed E-state index contributed by atoms with van der Waals surface area (Å²) in [5.74, 6) is 8.90. The normalized spacial score (nSPS) is 41.1. The van der Waals surface area contributed by atoms with Crippen molar-refractivity contribution in [1.82, 2.24) is 5.43 Å². The van der Waals surface area contributed by atoms with E-state index in [1.165, 1.54) is 32.1 Å². The molecule has 5 atom stereocenters. The second kappa shape index (κ2) is 6.17. The van der Waals surface area contributed by atoms with Gasteiger partial charge in [-0.1, -0.05) is 20.3 Å². The smallest absolute Gasteiger partial charge is 0.0509 e. The van der Waals surface area contributed by atoms with E-state index < -0.39 is 0 Å². The molecule has 17 heavy (non-hydrogen) atoms. The number of nitrogens with one attached hydrogen (secondary N) is 1. The Hall–Kier alpha value is -0.120. The van der Waals surface area contributed by atoms with Crippen LogP contribution in [0.2, 0.25) is 0 Å². The largest absolute Gasteiger partial charge is 0.381 e. The molecule has 1 saturated heterocycles. The van der Waals surface area contributed by atoms with E-state index in [-0.39, 0.29) is 0 Å². The fourth-order valence-corrected chi connectivity index (χ4v) is 3.62. The Labute approximate surface area is 105 Å². The van der Waals surface area contributed by atoms with E-state index in [1.54, 1.807) is 0 Å². The molecule has 1 aliphatic carbocycles. The molecular weight excluding hydrogens is 212 g/mol. The number of hydrogen-bond acceptors (Lipinski definition) is 3. The van der Waals surface area contributed by atoms with Gasteiger partial charge in [-0.2, -0.15) is 0 Å². The summed E-state index contributed by atoms with van der Waals surface area (Å²) in [6.45, 7) is 6.61. The zero-order valence-corrected chi connectivity index (χ0v) is 11.3. The summed E-state index contributed by atoms with van der Waals surface area (Å²) in [5.41, 5.74) is 3.10. The van der Waals surface area contributed by atoms with Crippen molar-refractivity contribution in [2.45, 2.75) is 52.0 Å². The molecule has 100 valence electrons. The van der Waals surface area contributed by atoms with Gasteiger partial charge in [-0.3, -0.25) is 11.3 Å². The predicted octanol–water partition coefficient (Wildman–Crippen LogP) is 2.32. The zero-order valence-electron chi connectivity index (χ0n) is 11.3. The fraction of sp³-hybridized carbons (Fsp3) is 1.00. The zero-order chi connectivity index (χ0) is 12.3. The molecule has 1 heterocycles. The summed E-state index contributed by atoms with van der Waals surface area (Å²) in [7, 11) is 0. The van der Waals surface area contributed by atoms with Gasteiger partial charge in [0.2, 0.25) is 0 Å². The third-order valence-corrected chi connectivity index (χ3v) is 5.04. The first-order chi connectivity index (χ1) is 8.22. The van der Waals surface area contributed by atoms with Gasteiger partial charge in [0.05, 0.1) is 6.61 Å². The van der Waals surface area contributed by atoms with Crippen LogP contribution in [0.4, 0.5) is 0 Å². The third kappa shape index (κ3) is 3.21. The Bertz CT molecular complexity index is 228. The molecular formula is C14H28N2O. The highest BCUT2D eigenvalue weighted by Crippen LogP contribution is 2.37. The average Bonchev–Trinajstić information content (AvgIpc) is 2.36. The predicted molar refractivity (Wildman–Crippen MR) is 70.3 cm³/mol. The number of hydrazine groups is 1. The first-order valence-corrected chi connectivity index (χ1v) is 7.26. The highest BCUT2D eigenvalue weighted by molar-refractivity contribution is 4.87. The molecule has 0 spiro atoms. The Morgan fingerprint density at radius 1 is 1.12 bits per heavy atom. The lowest BCUT2D eigenvalue weighted by Crippen LogP contribution is -2.50. The Kier molecular flexibility index (Phi) is 4.83. The summed E-state index contributed by atoms with van der Waals surface area (Å²) in [6.07, 6.45) is 6.48. The van der Waals surface area contributed by atoms with Crippen LogP contribution in [-0.4, -0.2) is 19.3 Å². The minimum atomic E-state index is 0.463. The van der Waals surface area contributed by atoms with E-state index in [2.05, 4.69) is 19.3 Å². The van der Waals surface area contributed by atoms with Gasteiger partial charge in [-0.05, 0) is 49.4 Å². The van der Waals surface area contributed by atoms with Crippen LogP contribution in [0.5, 0.6) is 0 Å². The maximum absolute atomic E-state index is 5.81. The van der Waals surface area contributed by atoms with Crippen LogP contribution >= 0.6 is 0 Å². The van der Waals surface area contributed by atoms with E-state index in [9.17, 15) is 0 Å². The molecule has 1 aliphatic heterocycles. The first kappa shape index (κ1) is 13.3. The van der Waals surface area contributed by atoms with Crippen molar-refractivity contribution in [3.63, 3.8) is 0 Å². The monoisotopic (exact) mass is 240 g/mol. The van der Waals surface area contributed by atoms with Gasteiger partial charge in [0, 0.05) is 12.6 Å². The molecule has 2 rings (SSSR count). The van der Waals surface area contributed by atoms with Crippen LogP contribution in [0, 0.1) is 23.7 Å². The molecule has 3 heteroatoms. The van der Waals surface area contributed by atoms with E-state index in [0.717, 1.165) is 31.0 Å². The standard InChI is InChI=1S/C14H28N2O/c1-10-5-6-12(8-11(10)2)14(16-15)13-4-3-7-17-9-13/h10-14,16H,3-9,15H2,1-2H3. The Morgan fingerprint density at radius 2 is 1.94 bits per heavy atom. The summed E-state index contributed by atoms with van der Waals surface area (Å²) in [4.78, 5) is 0. The topological polar surface area (TPSA) is 47.3 Å². The summed E-state index contributed by atoms with van der Waals surface area (Å²) < 4.78 is 5.61. The van der Waals surface area contributed by atoms with Crippen LogP contribution < -0.4 is 11.3 Å². The van der Waals surface area contributed by atoms with Gasteiger partial charge in [-0.25, -0.2) is 0 Å². The first-order valence-electron chi connectivity index (χ1n) is 7.26. The molecule has 3 nitrogen and oxygen atoms in total. The Morgan fingerprint density at radius 3 is 2.53 bits per heavy atom. The number of hydrogen-bond donors (Lipinski definition) is 2. The molecule has 0 aromatic heterocycles. The molecule has 0 radical (unpaired) electrons. The van der Waals surface area contributed by atoms with Gasteiger partial charge >= 0.3 is 0 Å².